The molecule has 0 amide bonds. The molecule has 21 heavy (non-hydrogen) atoms. The summed E-state index contributed by atoms with van der Waals surface area (Å²) < 4.78 is 32.1. The van der Waals surface area contributed by atoms with E-state index in [2.05, 4.69) is 4.90 Å². The number of morpholine rings is 1. The van der Waals surface area contributed by atoms with Crippen molar-refractivity contribution in [1.29, 1.82) is 0 Å². The summed E-state index contributed by atoms with van der Waals surface area (Å²) in [5.41, 5.74) is 0. The minimum atomic E-state index is -3.42. The molecule has 1 aromatic heterocycles. The Bertz CT molecular complexity index is 581. The number of aliphatic hydroxyl groups excluding tert-OH is 1. The number of ether oxygens (including phenoxy) is 1. The zero-order chi connectivity index (χ0) is 14.9. The van der Waals surface area contributed by atoms with Crippen molar-refractivity contribution < 1.29 is 18.3 Å². The van der Waals surface area contributed by atoms with E-state index in [1.807, 2.05) is 0 Å². The lowest BCUT2D eigenvalue weighted by Gasteiger charge is -2.32. The Labute approximate surface area is 129 Å². The van der Waals surface area contributed by atoms with Crippen LogP contribution in [0.4, 0.5) is 0 Å². The van der Waals surface area contributed by atoms with Crippen LogP contribution >= 0.6 is 11.3 Å². The maximum atomic E-state index is 12.6. The van der Waals surface area contributed by atoms with Crippen molar-refractivity contribution in [3.05, 3.63) is 16.3 Å². The molecule has 3 rings (SSSR count). The zero-order valence-electron chi connectivity index (χ0n) is 11.8. The van der Waals surface area contributed by atoms with Crippen molar-refractivity contribution in [2.45, 2.75) is 24.0 Å². The molecular weight excluding hydrogens is 312 g/mol. The maximum Gasteiger partial charge on any atom is 0.243 e. The molecule has 1 atom stereocenters. The summed E-state index contributed by atoms with van der Waals surface area (Å²) in [5, 5.41) is 10.7. The van der Waals surface area contributed by atoms with Gasteiger partial charge in [0.25, 0.3) is 0 Å². The third-order valence-corrected chi connectivity index (χ3v) is 7.03. The van der Waals surface area contributed by atoms with E-state index in [0.717, 1.165) is 32.7 Å². The largest absolute Gasteiger partial charge is 0.391 e. The Morgan fingerprint density at radius 3 is 2.76 bits per heavy atom. The summed E-state index contributed by atoms with van der Waals surface area (Å²) in [5.74, 6) is 0. The van der Waals surface area contributed by atoms with Crippen LogP contribution in [0.3, 0.4) is 0 Å². The molecule has 118 valence electrons. The van der Waals surface area contributed by atoms with Crippen LogP contribution in [0.2, 0.25) is 0 Å². The molecule has 2 aliphatic rings. The number of hydrogen-bond donors (Lipinski definition) is 1. The van der Waals surface area contributed by atoms with Gasteiger partial charge in [-0.15, -0.1) is 11.3 Å². The number of hydrogen-bond acceptors (Lipinski definition) is 6. The minimum absolute atomic E-state index is 0.114. The van der Waals surface area contributed by atoms with Gasteiger partial charge in [0.1, 0.15) is 0 Å². The molecule has 6 nitrogen and oxygen atoms in total. The highest BCUT2D eigenvalue weighted by Crippen LogP contribution is 2.27. The van der Waals surface area contributed by atoms with E-state index in [9.17, 15) is 8.42 Å². The monoisotopic (exact) mass is 332 g/mol. The van der Waals surface area contributed by atoms with Crippen molar-refractivity contribution in [3.8, 4) is 0 Å². The van der Waals surface area contributed by atoms with Crippen LogP contribution in [0.15, 0.2) is 16.3 Å². The first-order valence-corrected chi connectivity index (χ1v) is 9.43. The summed E-state index contributed by atoms with van der Waals surface area (Å²) >= 11 is 1.28. The fourth-order valence-electron chi connectivity index (χ4n) is 2.90. The van der Waals surface area contributed by atoms with E-state index in [-0.39, 0.29) is 6.61 Å². The third-order valence-electron chi connectivity index (χ3n) is 4.11. The fraction of sp³-hybridized carbons (Fsp3) is 0.692. The normalized spacial score (nSPS) is 25.5. The van der Waals surface area contributed by atoms with Crippen LogP contribution in [0.5, 0.6) is 0 Å². The van der Waals surface area contributed by atoms with Crippen LogP contribution < -0.4 is 0 Å². The van der Waals surface area contributed by atoms with Crippen LogP contribution in [0.1, 0.15) is 11.3 Å². The van der Waals surface area contributed by atoms with Gasteiger partial charge in [-0.25, -0.2) is 8.42 Å². The molecule has 0 bridgehead atoms. The van der Waals surface area contributed by atoms with Crippen molar-refractivity contribution in [3.63, 3.8) is 0 Å². The standard InChI is InChI=1S/C13H20N2O4S2/c16-9-12-7-13(10-20-12)21(17,18)15-2-1-11(8-15)14-3-5-19-6-4-14/h7,10-11,16H,1-6,8-9H2. The SMILES string of the molecule is O=S(=O)(c1csc(CO)c1)N1CCC(N2CCOCC2)C1. The maximum absolute atomic E-state index is 12.6. The molecule has 0 aliphatic carbocycles. The topological polar surface area (TPSA) is 70.1 Å². The van der Waals surface area contributed by atoms with Crippen LogP contribution in [-0.4, -0.2) is 68.2 Å². The smallest absolute Gasteiger partial charge is 0.243 e. The second kappa shape index (κ2) is 6.31. The second-order valence-corrected chi connectivity index (χ2v) is 8.29. The highest BCUT2D eigenvalue weighted by Gasteiger charge is 2.35. The molecule has 3 heterocycles. The lowest BCUT2D eigenvalue weighted by atomic mass is 10.2. The Morgan fingerprint density at radius 2 is 2.10 bits per heavy atom. The molecule has 2 saturated heterocycles. The van der Waals surface area contributed by atoms with Gasteiger partial charge in [-0.1, -0.05) is 0 Å². The van der Waals surface area contributed by atoms with Gasteiger partial charge in [0.05, 0.1) is 24.7 Å². The average Bonchev–Trinajstić information content (AvgIpc) is 3.18. The molecule has 1 aromatic rings. The summed E-state index contributed by atoms with van der Waals surface area (Å²) in [6.45, 7) is 4.22. The Balaban J connectivity index is 1.69. The first kappa shape index (κ1) is 15.4. The van der Waals surface area contributed by atoms with Crippen LogP contribution in [0.25, 0.3) is 0 Å². The lowest BCUT2D eigenvalue weighted by Crippen LogP contribution is -2.45. The van der Waals surface area contributed by atoms with E-state index in [1.165, 1.54) is 11.3 Å². The Kier molecular flexibility index (Phi) is 4.63. The van der Waals surface area contributed by atoms with E-state index >= 15 is 0 Å². The number of aliphatic hydroxyl groups is 1. The van der Waals surface area contributed by atoms with E-state index in [1.54, 1.807) is 15.8 Å². The third kappa shape index (κ3) is 3.15. The Hall–Kier alpha value is -0.510. The van der Waals surface area contributed by atoms with Gasteiger partial charge in [0.15, 0.2) is 0 Å². The number of sulfonamides is 1. The van der Waals surface area contributed by atoms with Gasteiger partial charge >= 0.3 is 0 Å². The number of thiophene rings is 1. The molecule has 1 unspecified atom stereocenters. The van der Waals surface area contributed by atoms with Gasteiger partial charge in [0.2, 0.25) is 10.0 Å². The lowest BCUT2D eigenvalue weighted by molar-refractivity contribution is 0.0197. The predicted molar refractivity (Wildman–Crippen MR) is 79.8 cm³/mol. The minimum Gasteiger partial charge on any atom is -0.391 e. The molecule has 8 heteroatoms. The molecule has 0 radical (unpaired) electrons. The first-order valence-electron chi connectivity index (χ1n) is 7.11. The summed E-state index contributed by atoms with van der Waals surface area (Å²) in [4.78, 5) is 3.31. The summed E-state index contributed by atoms with van der Waals surface area (Å²) in [6, 6.07) is 1.86. The summed E-state index contributed by atoms with van der Waals surface area (Å²) in [7, 11) is -3.42. The highest BCUT2D eigenvalue weighted by molar-refractivity contribution is 7.89. The van der Waals surface area contributed by atoms with Crippen LogP contribution in [0, 0.1) is 0 Å². The zero-order valence-corrected chi connectivity index (χ0v) is 13.4. The predicted octanol–water partition coefficient (Wildman–Crippen LogP) is 0.336. The van der Waals surface area contributed by atoms with Crippen molar-refractivity contribution >= 4 is 21.4 Å². The molecule has 2 fully saturated rings. The van der Waals surface area contributed by atoms with Gasteiger partial charge in [0, 0.05) is 42.5 Å². The molecule has 2 aliphatic heterocycles. The average molecular weight is 332 g/mol. The van der Waals surface area contributed by atoms with Crippen molar-refractivity contribution in [1.82, 2.24) is 9.21 Å². The van der Waals surface area contributed by atoms with E-state index in [4.69, 9.17) is 9.84 Å². The fourth-order valence-corrected chi connectivity index (χ4v) is 5.51. The number of nitrogens with zero attached hydrogens (tertiary/aromatic N) is 2. The quantitative estimate of drug-likeness (QED) is 0.861. The van der Waals surface area contributed by atoms with E-state index < -0.39 is 10.0 Å². The number of rotatable bonds is 4. The highest BCUT2D eigenvalue weighted by atomic mass is 32.2. The second-order valence-electron chi connectivity index (χ2n) is 5.36. The molecule has 0 saturated carbocycles. The van der Waals surface area contributed by atoms with Gasteiger partial charge in [-0.05, 0) is 12.5 Å². The molecule has 0 aromatic carbocycles. The summed E-state index contributed by atoms with van der Waals surface area (Å²) in [6.07, 6.45) is 0.871. The molecular formula is C13H20N2O4S2. The molecule has 1 N–H and O–H groups in total. The Morgan fingerprint density at radius 1 is 1.33 bits per heavy atom. The van der Waals surface area contributed by atoms with Crippen molar-refractivity contribution in [2.24, 2.45) is 0 Å². The first-order chi connectivity index (χ1) is 10.1. The van der Waals surface area contributed by atoms with Crippen LogP contribution in [-0.2, 0) is 21.4 Å². The van der Waals surface area contributed by atoms with E-state index in [0.29, 0.717) is 28.9 Å². The molecule has 0 spiro atoms. The van der Waals surface area contributed by atoms with Gasteiger partial charge < -0.3 is 9.84 Å². The van der Waals surface area contributed by atoms with Gasteiger partial charge in [-0.2, -0.15) is 4.31 Å². The van der Waals surface area contributed by atoms with Gasteiger partial charge in [-0.3, -0.25) is 4.90 Å². The van der Waals surface area contributed by atoms with Crippen molar-refractivity contribution in [2.75, 3.05) is 39.4 Å².